The first-order chi connectivity index (χ1) is 11.7. The maximum absolute atomic E-state index is 12.1. The number of hydrogen-bond donors (Lipinski definition) is 0. The number of ether oxygens (including phenoxy) is 2. The predicted octanol–water partition coefficient (Wildman–Crippen LogP) is 2.63. The van der Waals surface area contributed by atoms with Crippen molar-refractivity contribution >= 4 is 11.8 Å². The van der Waals surface area contributed by atoms with Crippen molar-refractivity contribution in [1.29, 1.82) is 5.26 Å². The molecule has 1 atom stereocenters. The van der Waals surface area contributed by atoms with Gasteiger partial charge in [-0.1, -0.05) is 12.1 Å². The number of carbonyl (C=O) groups is 1. The van der Waals surface area contributed by atoms with Crippen molar-refractivity contribution in [3.05, 3.63) is 42.2 Å². The van der Waals surface area contributed by atoms with Gasteiger partial charge in [0.2, 0.25) is 0 Å². The SMILES string of the molecule is N#CC1(c2ccc(N3C[C@H](COc4ccon4)OC3=O)cc2)CC1. The second kappa shape index (κ2) is 5.57. The van der Waals surface area contributed by atoms with E-state index < -0.39 is 6.09 Å². The molecule has 7 heteroatoms. The van der Waals surface area contributed by atoms with Gasteiger partial charge in [-0.05, 0) is 35.7 Å². The molecule has 2 heterocycles. The van der Waals surface area contributed by atoms with Crippen molar-refractivity contribution in [2.75, 3.05) is 18.1 Å². The van der Waals surface area contributed by atoms with Gasteiger partial charge in [0.1, 0.15) is 12.9 Å². The molecule has 1 amide bonds. The topological polar surface area (TPSA) is 88.6 Å². The second-order valence-corrected chi connectivity index (χ2v) is 6.01. The largest absolute Gasteiger partial charge is 0.471 e. The maximum atomic E-state index is 12.1. The van der Waals surface area contributed by atoms with Gasteiger partial charge in [-0.2, -0.15) is 5.26 Å². The third kappa shape index (κ3) is 2.56. The minimum Gasteiger partial charge on any atom is -0.471 e. The lowest BCUT2D eigenvalue weighted by molar-refractivity contribution is 0.102. The number of hydrogen-bond acceptors (Lipinski definition) is 6. The smallest absolute Gasteiger partial charge is 0.414 e. The molecule has 1 saturated carbocycles. The van der Waals surface area contributed by atoms with E-state index in [4.69, 9.17) is 9.47 Å². The van der Waals surface area contributed by atoms with Crippen molar-refractivity contribution in [3.63, 3.8) is 0 Å². The minimum absolute atomic E-state index is 0.213. The molecular formula is C17H15N3O4. The molecule has 24 heavy (non-hydrogen) atoms. The molecular weight excluding hydrogens is 310 g/mol. The van der Waals surface area contributed by atoms with E-state index in [0.29, 0.717) is 12.4 Å². The zero-order valence-corrected chi connectivity index (χ0v) is 12.8. The fourth-order valence-electron chi connectivity index (χ4n) is 2.82. The van der Waals surface area contributed by atoms with Gasteiger partial charge in [-0.25, -0.2) is 4.79 Å². The molecule has 2 aromatic rings. The third-order valence-electron chi connectivity index (χ3n) is 4.40. The Morgan fingerprint density at radius 3 is 2.75 bits per heavy atom. The molecule has 1 aromatic carbocycles. The van der Waals surface area contributed by atoms with Crippen LogP contribution in [0.2, 0.25) is 0 Å². The van der Waals surface area contributed by atoms with Crippen molar-refractivity contribution in [1.82, 2.24) is 5.16 Å². The van der Waals surface area contributed by atoms with Crippen molar-refractivity contribution in [2.24, 2.45) is 0 Å². The number of aromatic nitrogens is 1. The first-order valence-corrected chi connectivity index (χ1v) is 7.73. The summed E-state index contributed by atoms with van der Waals surface area (Å²) < 4.78 is 15.4. The predicted molar refractivity (Wildman–Crippen MR) is 82.6 cm³/mol. The molecule has 0 spiro atoms. The molecule has 0 unspecified atom stereocenters. The lowest BCUT2D eigenvalue weighted by atomic mass is 9.97. The van der Waals surface area contributed by atoms with E-state index in [1.165, 1.54) is 6.26 Å². The van der Waals surface area contributed by atoms with Gasteiger partial charge in [0, 0.05) is 11.8 Å². The quantitative estimate of drug-likeness (QED) is 0.839. The Labute approximate surface area is 138 Å². The van der Waals surface area contributed by atoms with Gasteiger partial charge < -0.3 is 14.0 Å². The molecule has 1 aromatic heterocycles. The summed E-state index contributed by atoms with van der Waals surface area (Å²) in [7, 11) is 0. The summed E-state index contributed by atoms with van der Waals surface area (Å²) in [5, 5.41) is 12.9. The summed E-state index contributed by atoms with van der Waals surface area (Å²) in [6.07, 6.45) is 2.44. The zero-order valence-electron chi connectivity index (χ0n) is 12.8. The van der Waals surface area contributed by atoms with E-state index in [2.05, 4.69) is 15.7 Å². The summed E-state index contributed by atoms with van der Waals surface area (Å²) in [4.78, 5) is 13.6. The standard InChI is InChI=1S/C17H15N3O4/c18-11-17(6-7-17)12-1-3-13(4-2-12)20-9-14(24-16(20)21)10-22-15-5-8-23-19-15/h1-5,8,14H,6-7,9-10H2/t14-/m1/s1. The highest BCUT2D eigenvalue weighted by Crippen LogP contribution is 2.47. The van der Waals surface area contributed by atoms with E-state index in [-0.39, 0.29) is 18.1 Å². The highest BCUT2D eigenvalue weighted by atomic mass is 16.6. The van der Waals surface area contributed by atoms with Crippen LogP contribution >= 0.6 is 0 Å². The number of rotatable bonds is 5. The first-order valence-electron chi connectivity index (χ1n) is 7.73. The number of anilines is 1. The van der Waals surface area contributed by atoms with E-state index in [0.717, 1.165) is 24.1 Å². The lowest BCUT2D eigenvalue weighted by Gasteiger charge is -2.14. The summed E-state index contributed by atoms with van der Waals surface area (Å²) in [5.74, 6) is 0.361. The monoisotopic (exact) mass is 325 g/mol. The van der Waals surface area contributed by atoms with E-state index >= 15 is 0 Å². The fourth-order valence-corrected chi connectivity index (χ4v) is 2.82. The Hall–Kier alpha value is -3.01. The average molecular weight is 325 g/mol. The number of carbonyl (C=O) groups excluding carboxylic acids is 1. The summed E-state index contributed by atoms with van der Waals surface area (Å²) in [5.41, 5.74) is 1.44. The second-order valence-electron chi connectivity index (χ2n) is 6.01. The van der Waals surface area contributed by atoms with E-state index in [1.807, 2.05) is 24.3 Å². The Morgan fingerprint density at radius 2 is 2.12 bits per heavy atom. The number of nitrogens with zero attached hydrogens (tertiary/aromatic N) is 3. The van der Waals surface area contributed by atoms with E-state index in [1.54, 1.807) is 11.0 Å². The molecule has 0 N–H and O–H groups in total. The van der Waals surface area contributed by atoms with Crippen LogP contribution in [0.15, 0.2) is 41.1 Å². The van der Waals surface area contributed by atoms with Crippen LogP contribution in [0.3, 0.4) is 0 Å². The van der Waals surface area contributed by atoms with Gasteiger partial charge in [0.05, 0.1) is 18.0 Å². The van der Waals surface area contributed by atoms with Crippen LogP contribution in [0.1, 0.15) is 18.4 Å². The van der Waals surface area contributed by atoms with Crippen LogP contribution in [0.5, 0.6) is 5.88 Å². The van der Waals surface area contributed by atoms with Gasteiger partial charge in [-0.3, -0.25) is 4.90 Å². The molecule has 0 radical (unpaired) electrons. The van der Waals surface area contributed by atoms with Gasteiger partial charge >= 0.3 is 6.09 Å². The molecule has 2 fully saturated rings. The molecule has 1 saturated heterocycles. The highest BCUT2D eigenvalue weighted by Gasteiger charge is 2.45. The summed E-state index contributed by atoms with van der Waals surface area (Å²) in [6, 6.07) is 11.5. The third-order valence-corrected chi connectivity index (χ3v) is 4.40. The first kappa shape index (κ1) is 14.6. The summed E-state index contributed by atoms with van der Waals surface area (Å²) >= 11 is 0. The van der Waals surface area contributed by atoms with E-state index in [9.17, 15) is 10.1 Å². The van der Waals surface area contributed by atoms with Crippen molar-refractivity contribution in [2.45, 2.75) is 24.4 Å². The number of benzene rings is 1. The van der Waals surface area contributed by atoms with Crippen LogP contribution in [0.25, 0.3) is 0 Å². The molecule has 122 valence electrons. The normalized spacial score (nSPS) is 21.2. The molecule has 1 aliphatic carbocycles. The molecule has 0 bridgehead atoms. The van der Waals surface area contributed by atoms with Crippen LogP contribution < -0.4 is 9.64 Å². The van der Waals surface area contributed by atoms with Crippen molar-refractivity contribution < 1.29 is 18.8 Å². The fraction of sp³-hybridized carbons (Fsp3) is 0.353. The lowest BCUT2D eigenvalue weighted by Crippen LogP contribution is -2.26. The molecule has 2 aliphatic rings. The van der Waals surface area contributed by atoms with Gasteiger partial charge in [-0.15, -0.1) is 0 Å². The summed E-state index contributed by atoms with van der Waals surface area (Å²) in [6.45, 7) is 0.615. The number of nitriles is 1. The van der Waals surface area contributed by atoms with Crippen LogP contribution in [-0.2, 0) is 10.2 Å². The van der Waals surface area contributed by atoms with Crippen LogP contribution in [-0.4, -0.2) is 30.5 Å². The van der Waals surface area contributed by atoms with Crippen LogP contribution in [0, 0.1) is 11.3 Å². The zero-order chi connectivity index (χ0) is 16.6. The highest BCUT2D eigenvalue weighted by molar-refractivity contribution is 5.89. The Morgan fingerprint density at radius 1 is 1.33 bits per heavy atom. The number of cyclic esters (lactones) is 1. The maximum Gasteiger partial charge on any atom is 0.414 e. The average Bonchev–Trinajstić information content (AvgIpc) is 3.06. The van der Waals surface area contributed by atoms with Gasteiger partial charge in [0.25, 0.3) is 5.88 Å². The Balaban J connectivity index is 1.41. The molecule has 1 aliphatic heterocycles. The van der Waals surface area contributed by atoms with Crippen molar-refractivity contribution in [3.8, 4) is 11.9 Å². The van der Waals surface area contributed by atoms with Crippen LogP contribution in [0.4, 0.5) is 10.5 Å². The number of amides is 1. The molecule has 4 rings (SSSR count). The minimum atomic E-state index is -0.405. The molecule has 7 nitrogen and oxygen atoms in total. The Kier molecular flexibility index (Phi) is 3.38. The van der Waals surface area contributed by atoms with Gasteiger partial charge in [0.15, 0.2) is 6.10 Å². The Bertz CT molecular complexity index is 775.